The third-order valence-corrected chi connectivity index (χ3v) is 7.54. The average Bonchev–Trinajstić information content (AvgIpc) is 3.16. The van der Waals surface area contributed by atoms with Crippen LogP contribution in [0.4, 0.5) is 22.0 Å². The lowest BCUT2D eigenvalue weighted by atomic mass is 9.64. The molecule has 10 heteroatoms. The summed E-state index contributed by atoms with van der Waals surface area (Å²) in [5.74, 6) is -2.52. The van der Waals surface area contributed by atoms with Crippen molar-refractivity contribution in [3.8, 4) is 0 Å². The van der Waals surface area contributed by atoms with Crippen molar-refractivity contribution in [2.75, 3.05) is 53.5 Å². The minimum Gasteiger partial charge on any atom is -0.371 e. The van der Waals surface area contributed by atoms with Crippen LogP contribution >= 0.6 is 0 Å². The first-order chi connectivity index (χ1) is 15.0. The molecular formula is C22H37F5N4O. The van der Waals surface area contributed by atoms with Crippen LogP contribution in [0.1, 0.15) is 45.4 Å². The van der Waals surface area contributed by atoms with E-state index in [-0.39, 0.29) is 42.9 Å². The highest BCUT2D eigenvalue weighted by atomic mass is 19.4. The first-order valence-electron chi connectivity index (χ1n) is 11.7. The van der Waals surface area contributed by atoms with E-state index in [1.807, 2.05) is 21.0 Å². The number of fused-ring (bicyclic) bond motifs is 1. The summed E-state index contributed by atoms with van der Waals surface area (Å²) in [7, 11) is 3.90. The molecule has 1 unspecified atom stereocenters. The van der Waals surface area contributed by atoms with E-state index in [0.717, 1.165) is 50.9 Å². The maximum absolute atomic E-state index is 14.1. The van der Waals surface area contributed by atoms with Gasteiger partial charge in [0.1, 0.15) is 13.2 Å². The molecule has 1 saturated carbocycles. The van der Waals surface area contributed by atoms with E-state index >= 15 is 0 Å². The molecule has 1 aliphatic carbocycles. The predicted molar refractivity (Wildman–Crippen MR) is 114 cm³/mol. The molecule has 2 fully saturated rings. The molecule has 1 saturated heterocycles. The number of likely N-dealkylation sites (N-methyl/N-ethyl adjacent to an activating group) is 2. The molecule has 0 aromatic heterocycles. The van der Waals surface area contributed by atoms with Crippen LogP contribution in [0.25, 0.3) is 0 Å². The van der Waals surface area contributed by atoms with Gasteiger partial charge in [-0.25, -0.2) is 8.78 Å². The van der Waals surface area contributed by atoms with Crippen molar-refractivity contribution >= 4 is 5.71 Å². The molecule has 2 atom stereocenters. The number of rotatable bonds is 10. The standard InChI is InChI=1S/C22H37F5N4O/c1-4-20(14-32-15-22(25,26)27)7-5-16(6-8-20)19-17(12-30(3)10-9-28-2)29-31-13-21(23,24)11-18(19)31/h16,18-19,28H,4-15H2,1-3H3/t16?,18?,19-,20?/m0/s1. The van der Waals surface area contributed by atoms with Crippen LogP contribution in [-0.2, 0) is 4.74 Å². The molecule has 1 N–H and O–H groups in total. The van der Waals surface area contributed by atoms with Crippen LogP contribution < -0.4 is 5.32 Å². The van der Waals surface area contributed by atoms with Gasteiger partial charge in [0.15, 0.2) is 0 Å². The number of halogens is 5. The average molecular weight is 469 g/mol. The quantitative estimate of drug-likeness (QED) is 0.492. The Morgan fingerprint density at radius 3 is 2.53 bits per heavy atom. The fourth-order valence-electron chi connectivity index (χ4n) is 5.68. The summed E-state index contributed by atoms with van der Waals surface area (Å²) in [4.78, 5) is 2.16. The van der Waals surface area contributed by atoms with Gasteiger partial charge in [0.2, 0.25) is 0 Å². The molecule has 186 valence electrons. The van der Waals surface area contributed by atoms with Gasteiger partial charge < -0.3 is 10.1 Å². The Kier molecular flexibility index (Phi) is 8.08. The smallest absolute Gasteiger partial charge is 0.371 e. The van der Waals surface area contributed by atoms with E-state index in [4.69, 9.17) is 4.74 Å². The molecule has 2 heterocycles. The summed E-state index contributed by atoms with van der Waals surface area (Å²) in [6, 6.07) is -0.279. The molecule has 3 aliphatic rings. The Morgan fingerprint density at radius 1 is 1.25 bits per heavy atom. The third-order valence-electron chi connectivity index (χ3n) is 7.54. The van der Waals surface area contributed by atoms with Gasteiger partial charge in [-0.05, 0) is 57.5 Å². The van der Waals surface area contributed by atoms with Gasteiger partial charge in [0.25, 0.3) is 5.92 Å². The molecule has 32 heavy (non-hydrogen) atoms. The Balaban J connectivity index is 1.65. The van der Waals surface area contributed by atoms with Gasteiger partial charge in [-0.15, -0.1) is 0 Å². The maximum Gasteiger partial charge on any atom is 0.411 e. The monoisotopic (exact) mass is 468 g/mol. The zero-order valence-corrected chi connectivity index (χ0v) is 19.4. The van der Waals surface area contributed by atoms with Crippen molar-refractivity contribution in [1.82, 2.24) is 15.2 Å². The Morgan fingerprint density at radius 2 is 1.94 bits per heavy atom. The van der Waals surface area contributed by atoms with Crippen LogP contribution in [0.15, 0.2) is 5.10 Å². The molecule has 2 aliphatic heterocycles. The summed E-state index contributed by atoms with van der Waals surface area (Å²) >= 11 is 0. The number of ether oxygens (including phenoxy) is 1. The van der Waals surface area contributed by atoms with E-state index in [1.165, 1.54) is 0 Å². The van der Waals surface area contributed by atoms with Crippen LogP contribution in [-0.4, -0.2) is 87.2 Å². The molecule has 0 bridgehead atoms. The second-order valence-electron chi connectivity index (χ2n) is 9.98. The van der Waals surface area contributed by atoms with E-state index in [9.17, 15) is 22.0 Å². The topological polar surface area (TPSA) is 40.1 Å². The largest absolute Gasteiger partial charge is 0.411 e. The number of hydrazone groups is 1. The van der Waals surface area contributed by atoms with Gasteiger partial charge in [-0.3, -0.25) is 9.91 Å². The highest BCUT2D eigenvalue weighted by Crippen LogP contribution is 2.49. The zero-order valence-electron chi connectivity index (χ0n) is 19.4. The normalized spacial score (nSPS) is 32.5. The van der Waals surface area contributed by atoms with Crippen molar-refractivity contribution in [3.63, 3.8) is 0 Å². The Hall–Kier alpha value is -1.00. The number of hydrogen-bond donors (Lipinski definition) is 1. The predicted octanol–water partition coefficient (Wildman–Crippen LogP) is 4.00. The maximum atomic E-state index is 14.1. The molecule has 3 rings (SSSR count). The highest BCUT2D eigenvalue weighted by Gasteiger charge is 2.54. The fraction of sp³-hybridized carbons (Fsp3) is 0.955. The number of nitrogens with one attached hydrogen (secondary N) is 1. The van der Waals surface area contributed by atoms with E-state index in [1.54, 1.807) is 5.01 Å². The van der Waals surface area contributed by atoms with Crippen molar-refractivity contribution < 1.29 is 26.7 Å². The van der Waals surface area contributed by atoms with Crippen molar-refractivity contribution in [1.29, 1.82) is 0 Å². The zero-order chi connectivity index (χ0) is 23.6. The molecule has 5 nitrogen and oxygen atoms in total. The van der Waals surface area contributed by atoms with Crippen molar-refractivity contribution in [2.45, 2.75) is 63.6 Å². The lowest BCUT2D eigenvalue weighted by Crippen LogP contribution is -2.42. The van der Waals surface area contributed by atoms with E-state index in [2.05, 4.69) is 15.3 Å². The first kappa shape index (κ1) is 25.6. The third kappa shape index (κ3) is 6.32. The summed E-state index contributed by atoms with van der Waals surface area (Å²) in [5, 5.41) is 9.36. The Labute approximate surface area is 187 Å². The summed E-state index contributed by atoms with van der Waals surface area (Å²) in [6.45, 7) is 2.87. The van der Waals surface area contributed by atoms with Gasteiger partial charge in [-0.1, -0.05) is 6.92 Å². The van der Waals surface area contributed by atoms with E-state index in [0.29, 0.717) is 6.54 Å². The summed E-state index contributed by atoms with van der Waals surface area (Å²) in [6.07, 6.45) is -0.606. The van der Waals surface area contributed by atoms with Crippen LogP contribution in [0.2, 0.25) is 0 Å². The minimum absolute atomic E-state index is 0.0219. The number of hydrogen-bond acceptors (Lipinski definition) is 5. The fourth-order valence-corrected chi connectivity index (χ4v) is 5.68. The summed E-state index contributed by atoms with van der Waals surface area (Å²) < 4.78 is 70.8. The second kappa shape index (κ2) is 10.1. The SMILES string of the molecule is CCC1(COCC(F)(F)F)CCC([C@H]2C(CN(C)CCNC)=NN3CC(F)(F)CC23)CC1. The first-order valence-corrected chi connectivity index (χ1v) is 11.7. The van der Waals surface area contributed by atoms with Crippen LogP contribution in [0.5, 0.6) is 0 Å². The molecule has 0 spiro atoms. The second-order valence-corrected chi connectivity index (χ2v) is 9.98. The number of nitrogens with zero attached hydrogens (tertiary/aromatic N) is 3. The van der Waals surface area contributed by atoms with Gasteiger partial charge in [0, 0.05) is 32.0 Å². The van der Waals surface area contributed by atoms with Crippen LogP contribution in [0.3, 0.4) is 0 Å². The van der Waals surface area contributed by atoms with Crippen molar-refractivity contribution in [3.05, 3.63) is 0 Å². The van der Waals surface area contributed by atoms with E-state index < -0.39 is 18.7 Å². The van der Waals surface area contributed by atoms with Gasteiger partial charge in [-0.2, -0.15) is 18.3 Å². The molecule has 0 aromatic carbocycles. The molecule has 0 radical (unpaired) electrons. The molecule has 0 aromatic rings. The molecule has 0 amide bonds. The minimum atomic E-state index is -4.32. The summed E-state index contributed by atoms with van der Waals surface area (Å²) in [5.41, 5.74) is 0.715. The number of alkyl halides is 5. The Bertz CT molecular complexity index is 649. The lowest BCUT2D eigenvalue weighted by Gasteiger charge is -2.42. The van der Waals surface area contributed by atoms with Crippen LogP contribution in [0, 0.1) is 17.3 Å². The lowest BCUT2D eigenvalue weighted by molar-refractivity contribution is -0.183. The molecular weight excluding hydrogens is 431 g/mol. The highest BCUT2D eigenvalue weighted by molar-refractivity contribution is 5.91. The van der Waals surface area contributed by atoms with Gasteiger partial charge in [0.05, 0.1) is 18.4 Å². The van der Waals surface area contributed by atoms with Crippen molar-refractivity contribution in [2.24, 2.45) is 22.4 Å². The van der Waals surface area contributed by atoms with Gasteiger partial charge >= 0.3 is 6.18 Å².